The monoisotopic (exact) mass is 178 g/mol. The molecule has 0 aliphatic rings. The van der Waals surface area contributed by atoms with Crippen LogP contribution in [0.3, 0.4) is 0 Å². The Hall–Kier alpha value is -1.84. The van der Waals surface area contributed by atoms with Crippen LogP contribution in [-0.2, 0) is 0 Å². The summed E-state index contributed by atoms with van der Waals surface area (Å²) in [4.78, 5) is 10.3. The molecule has 0 bridgehead atoms. The Labute approximate surface area is 76.1 Å². The third kappa shape index (κ3) is 2.94. The molecule has 1 aromatic rings. The van der Waals surface area contributed by atoms with Crippen molar-refractivity contribution in [3.8, 4) is 0 Å². The van der Waals surface area contributed by atoms with Crippen molar-refractivity contribution in [2.75, 3.05) is 7.05 Å². The lowest BCUT2D eigenvalue weighted by molar-refractivity contribution is 0.158. The molecule has 0 spiro atoms. The van der Waals surface area contributed by atoms with Crippen molar-refractivity contribution in [2.24, 2.45) is 5.10 Å². The third-order valence-electron chi connectivity index (χ3n) is 1.46. The number of benzene rings is 1. The minimum absolute atomic E-state index is 0.854. The number of carbonyl (C=O) groups is 1. The number of rotatable bonds is 2. The Kier molecular flexibility index (Phi) is 3.03. The molecule has 13 heavy (non-hydrogen) atoms. The van der Waals surface area contributed by atoms with Gasteiger partial charge in [-0.05, 0) is 5.56 Å². The normalized spacial score (nSPS) is 10.2. The van der Waals surface area contributed by atoms with Gasteiger partial charge in [0.25, 0.3) is 0 Å². The Morgan fingerprint density at radius 2 is 2.08 bits per heavy atom. The number of hydrazone groups is 1. The van der Waals surface area contributed by atoms with Gasteiger partial charge >= 0.3 is 6.09 Å². The van der Waals surface area contributed by atoms with Crippen LogP contribution in [0.4, 0.5) is 4.79 Å². The second kappa shape index (κ2) is 4.25. The molecule has 0 aromatic heterocycles. The molecule has 1 amide bonds. The Morgan fingerprint density at radius 1 is 1.46 bits per heavy atom. The zero-order valence-corrected chi connectivity index (χ0v) is 7.21. The van der Waals surface area contributed by atoms with Crippen LogP contribution in [0.25, 0.3) is 0 Å². The van der Waals surface area contributed by atoms with Crippen molar-refractivity contribution >= 4 is 12.3 Å². The molecule has 0 aliphatic heterocycles. The maximum Gasteiger partial charge on any atom is 0.427 e. The first-order chi connectivity index (χ1) is 6.20. The number of nitrogens with zero attached hydrogens (tertiary/aromatic N) is 2. The lowest BCUT2D eigenvalue weighted by Gasteiger charge is -2.03. The average molecular weight is 178 g/mol. The second-order valence-corrected chi connectivity index (χ2v) is 2.46. The van der Waals surface area contributed by atoms with Gasteiger partial charge < -0.3 is 5.11 Å². The molecule has 0 radical (unpaired) electrons. The van der Waals surface area contributed by atoms with E-state index in [4.69, 9.17) is 5.11 Å². The molecule has 68 valence electrons. The summed E-state index contributed by atoms with van der Waals surface area (Å²) >= 11 is 0. The zero-order valence-electron chi connectivity index (χ0n) is 7.21. The van der Waals surface area contributed by atoms with E-state index in [-0.39, 0.29) is 0 Å². The van der Waals surface area contributed by atoms with Crippen molar-refractivity contribution in [3.63, 3.8) is 0 Å². The highest BCUT2D eigenvalue weighted by Gasteiger charge is 1.99. The summed E-state index contributed by atoms with van der Waals surface area (Å²) in [6.07, 6.45) is 0.417. The van der Waals surface area contributed by atoms with Crippen LogP contribution in [0.5, 0.6) is 0 Å². The Bertz CT molecular complexity index is 309. The number of amides is 1. The summed E-state index contributed by atoms with van der Waals surface area (Å²) < 4.78 is 0. The summed E-state index contributed by atoms with van der Waals surface area (Å²) in [7, 11) is 1.38. The van der Waals surface area contributed by atoms with Gasteiger partial charge in [-0.2, -0.15) is 5.10 Å². The van der Waals surface area contributed by atoms with Gasteiger partial charge in [-0.25, -0.2) is 9.80 Å². The molecule has 4 nitrogen and oxygen atoms in total. The highest BCUT2D eigenvalue weighted by Crippen LogP contribution is 1.94. The molecule has 1 aromatic carbocycles. The van der Waals surface area contributed by atoms with Gasteiger partial charge in [0.2, 0.25) is 0 Å². The summed E-state index contributed by atoms with van der Waals surface area (Å²) in [5, 5.41) is 13.0. The van der Waals surface area contributed by atoms with Crippen molar-refractivity contribution in [2.45, 2.75) is 0 Å². The maximum atomic E-state index is 10.3. The average Bonchev–Trinajstić information content (AvgIpc) is 2.15. The van der Waals surface area contributed by atoms with Crippen LogP contribution < -0.4 is 0 Å². The molecule has 0 fully saturated rings. The zero-order chi connectivity index (χ0) is 9.68. The third-order valence-corrected chi connectivity index (χ3v) is 1.46. The van der Waals surface area contributed by atoms with Crippen molar-refractivity contribution in [1.82, 2.24) is 5.01 Å². The molecule has 0 saturated carbocycles. The summed E-state index contributed by atoms with van der Waals surface area (Å²) in [5.74, 6) is 0. The molecular formula is C9H10N2O2. The highest BCUT2D eigenvalue weighted by atomic mass is 16.4. The molecule has 0 saturated heterocycles. The molecular weight excluding hydrogens is 168 g/mol. The first-order valence-corrected chi connectivity index (χ1v) is 3.76. The van der Waals surface area contributed by atoms with Gasteiger partial charge in [-0.3, -0.25) is 0 Å². The summed E-state index contributed by atoms with van der Waals surface area (Å²) in [6.45, 7) is 0. The Morgan fingerprint density at radius 3 is 2.62 bits per heavy atom. The quantitative estimate of drug-likeness (QED) is 0.552. The predicted octanol–water partition coefficient (Wildman–Crippen LogP) is 1.63. The van der Waals surface area contributed by atoms with Gasteiger partial charge in [-0.1, -0.05) is 30.3 Å². The van der Waals surface area contributed by atoms with E-state index in [9.17, 15) is 4.79 Å². The van der Waals surface area contributed by atoms with Crippen molar-refractivity contribution in [1.29, 1.82) is 0 Å². The Balaban J connectivity index is 2.64. The van der Waals surface area contributed by atoms with Gasteiger partial charge in [-0.15, -0.1) is 0 Å². The van der Waals surface area contributed by atoms with Crippen molar-refractivity contribution in [3.05, 3.63) is 35.9 Å². The van der Waals surface area contributed by atoms with E-state index in [1.54, 1.807) is 0 Å². The topological polar surface area (TPSA) is 52.9 Å². The van der Waals surface area contributed by atoms with E-state index in [0.29, 0.717) is 0 Å². The van der Waals surface area contributed by atoms with E-state index in [0.717, 1.165) is 10.6 Å². The van der Waals surface area contributed by atoms with Gasteiger partial charge in [0.15, 0.2) is 0 Å². The molecule has 0 unspecified atom stereocenters. The van der Waals surface area contributed by atoms with Gasteiger partial charge in [0.1, 0.15) is 0 Å². The fourth-order valence-electron chi connectivity index (χ4n) is 0.742. The standard InChI is InChI=1S/C9H10N2O2/c1-11(9(12)13)10-7-8-5-3-2-4-6-8/h2-7H,1H3,(H,12,13). The molecule has 0 heterocycles. The SMILES string of the molecule is CN(N=Cc1ccccc1)C(=O)O. The van der Waals surface area contributed by atoms with Crippen LogP contribution in [-0.4, -0.2) is 29.5 Å². The first kappa shape index (κ1) is 9.25. The molecule has 0 atom stereocenters. The lowest BCUT2D eigenvalue weighted by atomic mass is 10.2. The predicted molar refractivity (Wildman–Crippen MR) is 49.8 cm³/mol. The number of hydrogen-bond acceptors (Lipinski definition) is 2. The van der Waals surface area contributed by atoms with E-state index in [1.165, 1.54) is 13.3 Å². The largest absolute Gasteiger partial charge is 0.464 e. The highest BCUT2D eigenvalue weighted by molar-refractivity contribution is 5.80. The van der Waals surface area contributed by atoms with Gasteiger partial charge in [0, 0.05) is 7.05 Å². The number of carboxylic acid groups (broad SMARTS) is 1. The minimum atomic E-state index is -1.08. The number of hydrogen-bond donors (Lipinski definition) is 1. The van der Waals surface area contributed by atoms with Crippen LogP contribution in [0.1, 0.15) is 5.56 Å². The summed E-state index contributed by atoms with van der Waals surface area (Å²) in [6, 6.07) is 9.31. The molecule has 4 heteroatoms. The fourth-order valence-corrected chi connectivity index (χ4v) is 0.742. The van der Waals surface area contributed by atoms with E-state index < -0.39 is 6.09 Å². The van der Waals surface area contributed by atoms with Crippen LogP contribution in [0.2, 0.25) is 0 Å². The molecule has 1 N–H and O–H groups in total. The van der Waals surface area contributed by atoms with Crippen molar-refractivity contribution < 1.29 is 9.90 Å². The van der Waals surface area contributed by atoms with Crippen LogP contribution >= 0.6 is 0 Å². The second-order valence-electron chi connectivity index (χ2n) is 2.46. The maximum absolute atomic E-state index is 10.3. The van der Waals surface area contributed by atoms with Crippen LogP contribution in [0, 0.1) is 0 Å². The van der Waals surface area contributed by atoms with Gasteiger partial charge in [0.05, 0.1) is 6.21 Å². The molecule has 0 aliphatic carbocycles. The lowest BCUT2D eigenvalue weighted by Crippen LogP contribution is -2.18. The minimum Gasteiger partial charge on any atom is -0.464 e. The van der Waals surface area contributed by atoms with E-state index in [1.807, 2.05) is 30.3 Å². The van der Waals surface area contributed by atoms with E-state index >= 15 is 0 Å². The smallest absolute Gasteiger partial charge is 0.427 e. The van der Waals surface area contributed by atoms with E-state index in [2.05, 4.69) is 5.10 Å². The summed E-state index contributed by atoms with van der Waals surface area (Å²) in [5.41, 5.74) is 0.871. The van der Waals surface area contributed by atoms with Crippen LogP contribution in [0.15, 0.2) is 35.4 Å². The fraction of sp³-hybridized carbons (Fsp3) is 0.111. The molecule has 1 rings (SSSR count). The first-order valence-electron chi connectivity index (χ1n) is 3.76.